The number of hydrogen-bond donors (Lipinski definition) is 1. The van der Waals surface area contributed by atoms with Crippen molar-refractivity contribution in [3.63, 3.8) is 0 Å². The summed E-state index contributed by atoms with van der Waals surface area (Å²) in [5.74, 6) is -0.417. The molecule has 3 aromatic rings. The summed E-state index contributed by atoms with van der Waals surface area (Å²) < 4.78 is 8.42. The first-order chi connectivity index (χ1) is 11.3. The first-order valence-electron chi connectivity index (χ1n) is 6.92. The highest BCUT2D eigenvalue weighted by Gasteiger charge is 2.16. The third-order valence-corrected chi connectivity index (χ3v) is 3.83. The number of fused-ring (bicyclic) bond motifs is 1. The number of nitriles is 1. The molecule has 0 spiro atoms. The van der Waals surface area contributed by atoms with Crippen LogP contribution in [0.3, 0.4) is 0 Å². The number of nitrogens with one attached hydrogen (secondary N) is 1. The van der Waals surface area contributed by atoms with E-state index in [2.05, 4.69) is 5.32 Å². The lowest BCUT2D eigenvalue weighted by molar-refractivity contribution is 0.528. The van der Waals surface area contributed by atoms with Gasteiger partial charge in [0, 0.05) is 26.8 Å². The fourth-order valence-corrected chi connectivity index (χ4v) is 2.43. The number of aromatic nitrogens is 3. The number of benzene rings is 1. The van der Waals surface area contributed by atoms with Crippen LogP contribution >= 0.6 is 0 Å². The predicted octanol–water partition coefficient (Wildman–Crippen LogP) is 0.144. The van der Waals surface area contributed by atoms with Crippen LogP contribution in [0.15, 0.2) is 37.0 Å². The first kappa shape index (κ1) is 15.4. The van der Waals surface area contributed by atoms with Crippen LogP contribution < -0.4 is 22.3 Å². The van der Waals surface area contributed by atoms with Crippen LogP contribution in [-0.4, -0.2) is 13.7 Å². The van der Waals surface area contributed by atoms with Crippen molar-refractivity contribution >= 4 is 22.6 Å². The van der Waals surface area contributed by atoms with Crippen LogP contribution in [0.1, 0.15) is 5.56 Å². The van der Waals surface area contributed by atoms with Crippen LogP contribution in [0.2, 0.25) is 0 Å². The van der Waals surface area contributed by atoms with Crippen molar-refractivity contribution in [2.45, 2.75) is 0 Å². The summed E-state index contributed by atoms with van der Waals surface area (Å²) in [4.78, 5) is 35.7. The molecule has 0 aliphatic heterocycles. The molecule has 2 heterocycles. The van der Waals surface area contributed by atoms with E-state index in [4.69, 9.17) is 4.42 Å². The summed E-state index contributed by atoms with van der Waals surface area (Å²) in [5.41, 5.74) is 0.0290. The second-order valence-corrected chi connectivity index (χ2v) is 5.28. The van der Waals surface area contributed by atoms with E-state index in [-0.39, 0.29) is 11.4 Å². The molecule has 0 saturated carbocycles. The summed E-state index contributed by atoms with van der Waals surface area (Å²) in [6.45, 7) is 0. The van der Waals surface area contributed by atoms with E-state index in [1.807, 2.05) is 6.07 Å². The second kappa shape index (κ2) is 5.27. The van der Waals surface area contributed by atoms with E-state index in [0.29, 0.717) is 16.8 Å². The minimum Gasteiger partial charge on any atom is -0.408 e. The number of hydrogen-bond acceptors (Lipinski definition) is 6. The molecule has 0 radical (unpaired) electrons. The van der Waals surface area contributed by atoms with Crippen LogP contribution in [0.25, 0.3) is 11.1 Å². The molecule has 0 atom stereocenters. The van der Waals surface area contributed by atoms with E-state index in [1.54, 1.807) is 25.2 Å². The topological polar surface area (TPSA) is 115 Å². The van der Waals surface area contributed by atoms with Crippen molar-refractivity contribution in [3.8, 4) is 6.07 Å². The van der Waals surface area contributed by atoms with Crippen LogP contribution in [0.5, 0.6) is 0 Å². The molecule has 9 heteroatoms. The van der Waals surface area contributed by atoms with Crippen LogP contribution in [0, 0.1) is 11.3 Å². The summed E-state index contributed by atoms with van der Waals surface area (Å²) in [7, 11) is 4.33. The Hall–Kier alpha value is -3.54. The number of nitrogens with zero attached hydrogens (tertiary/aromatic N) is 4. The minimum atomic E-state index is -0.681. The lowest BCUT2D eigenvalue weighted by atomic mass is 10.2. The van der Waals surface area contributed by atoms with Crippen LogP contribution in [-0.2, 0) is 21.1 Å². The lowest BCUT2D eigenvalue weighted by Crippen LogP contribution is -2.39. The van der Waals surface area contributed by atoms with Gasteiger partial charge >= 0.3 is 11.4 Å². The number of rotatable bonds is 2. The smallest absolute Gasteiger partial charge is 0.408 e. The Balaban J connectivity index is 2.21. The Morgan fingerprint density at radius 3 is 2.46 bits per heavy atom. The van der Waals surface area contributed by atoms with Gasteiger partial charge in [0.15, 0.2) is 11.1 Å². The fourth-order valence-electron chi connectivity index (χ4n) is 2.43. The zero-order valence-electron chi connectivity index (χ0n) is 13.2. The highest BCUT2D eigenvalue weighted by molar-refractivity contribution is 5.79. The van der Waals surface area contributed by atoms with Gasteiger partial charge in [-0.2, -0.15) is 5.26 Å². The van der Waals surface area contributed by atoms with E-state index >= 15 is 0 Å². The zero-order valence-corrected chi connectivity index (χ0v) is 13.2. The Morgan fingerprint density at radius 1 is 1.08 bits per heavy atom. The maximum atomic E-state index is 12.1. The molecule has 0 aliphatic rings. The molecule has 1 aromatic carbocycles. The monoisotopic (exact) mass is 327 g/mol. The lowest BCUT2D eigenvalue weighted by Gasteiger charge is -2.13. The van der Waals surface area contributed by atoms with Gasteiger partial charge in [-0.1, -0.05) is 0 Å². The Kier molecular flexibility index (Phi) is 3.38. The molecule has 0 saturated heterocycles. The number of aryl methyl sites for hydroxylation is 1. The Morgan fingerprint density at radius 2 is 1.79 bits per heavy atom. The molecule has 3 rings (SSSR count). The fraction of sp³-hybridized carbons (Fsp3) is 0.200. The van der Waals surface area contributed by atoms with E-state index in [1.165, 1.54) is 23.2 Å². The van der Waals surface area contributed by atoms with Gasteiger partial charge in [-0.3, -0.25) is 18.5 Å². The van der Waals surface area contributed by atoms with Crippen molar-refractivity contribution in [2.75, 3.05) is 5.32 Å². The van der Waals surface area contributed by atoms with Gasteiger partial charge in [-0.05, 0) is 18.2 Å². The molecule has 0 unspecified atom stereocenters. The normalized spacial score (nSPS) is 10.8. The molecule has 9 nitrogen and oxygen atoms in total. The van der Waals surface area contributed by atoms with Gasteiger partial charge in [0.2, 0.25) is 0 Å². The maximum absolute atomic E-state index is 12.1. The molecule has 0 amide bonds. The van der Waals surface area contributed by atoms with E-state index < -0.39 is 17.0 Å². The molecule has 0 bridgehead atoms. The first-order valence-corrected chi connectivity index (χ1v) is 6.92. The Labute approximate surface area is 134 Å². The summed E-state index contributed by atoms with van der Waals surface area (Å²) >= 11 is 0. The van der Waals surface area contributed by atoms with Gasteiger partial charge < -0.3 is 9.73 Å². The Bertz CT molecular complexity index is 1190. The molecular weight excluding hydrogens is 314 g/mol. The maximum Gasteiger partial charge on any atom is 0.419 e. The van der Waals surface area contributed by atoms with Crippen molar-refractivity contribution in [3.05, 3.63) is 55.2 Å². The van der Waals surface area contributed by atoms with Crippen molar-refractivity contribution in [1.82, 2.24) is 13.7 Å². The molecule has 0 aliphatic carbocycles. The molecule has 24 heavy (non-hydrogen) atoms. The number of anilines is 2. The highest BCUT2D eigenvalue weighted by Crippen LogP contribution is 2.21. The van der Waals surface area contributed by atoms with Gasteiger partial charge in [-0.25, -0.2) is 9.59 Å². The minimum absolute atomic E-state index is 0.0819. The van der Waals surface area contributed by atoms with Gasteiger partial charge in [-0.15, -0.1) is 0 Å². The van der Waals surface area contributed by atoms with Crippen LogP contribution in [0.4, 0.5) is 11.5 Å². The third kappa shape index (κ3) is 2.13. The van der Waals surface area contributed by atoms with Gasteiger partial charge in [0.25, 0.3) is 5.56 Å². The van der Waals surface area contributed by atoms with Gasteiger partial charge in [0.1, 0.15) is 11.9 Å². The number of oxazole rings is 1. The summed E-state index contributed by atoms with van der Waals surface area (Å²) in [6, 6.07) is 6.65. The standard InChI is InChI=1S/C15H13N5O4/c1-18-10-6-8(4-5-11(10)24-15(18)23)17-12-9(7-16)13(21)20(3)14(22)19(12)2/h4-6,17H,1-3H3. The molecular formula is C15H13N5O4. The molecule has 122 valence electrons. The average molecular weight is 327 g/mol. The van der Waals surface area contributed by atoms with Crippen molar-refractivity contribution < 1.29 is 4.42 Å². The molecule has 0 fully saturated rings. The SMILES string of the molecule is Cn1c(Nc2ccc3oc(=O)n(C)c3c2)c(C#N)c(=O)n(C)c1=O. The highest BCUT2D eigenvalue weighted by atomic mass is 16.4. The zero-order chi connectivity index (χ0) is 17.6. The second-order valence-electron chi connectivity index (χ2n) is 5.28. The average Bonchev–Trinajstić information content (AvgIpc) is 2.85. The van der Waals surface area contributed by atoms with Gasteiger partial charge in [0.05, 0.1) is 5.52 Å². The largest absolute Gasteiger partial charge is 0.419 e. The molecule has 2 aromatic heterocycles. The van der Waals surface area contributed by atoms with Crippen molar-refractivity contribution in [2.24, 2.45) is 21.1 Å². The van der Waals surface area contributed by atoms with E-state index in [9.17, 15) is 19.6 Å². The van der Waals surface area contributed by atoms with Crippen molar-refractivity contribution in [1.29, 1.82) is 5.26 Å². The quantitative estimate of drug-likeness (QED) is 0.716. The summed E-state index contributed by atoms with van der Waals surface area (Å²) in [5, 5.41) is 12.2. The predicted molar refractivity (Wildman–Crippen MR) is 86.4 cm³/mol. The third-order valence-electron chi connectivity index (χ3n) is 3.83. The molecule has 1 N–H and O–H groups in total. The summed E-state index contributed by atoms with van der Waals surface area (Å²) in [6.07, 6.45) is 0. The van der Waals surface area contributed by atoms with E-state index in [0.717, 1.165) is 4.57 Å².